The molecule has 1 aromatic heterocycles. The summed E-state index contributed by atoms with van der Waals surface area (Å²) >= 11 is 1.84. The summed E-state index contributed by atoms with van der Waals surface area (Å²) in [7, 11) is 3.72. The van der Waals surface area contributed by atoms with Gasteiger partial charge in [0.15, 0.2) is 0 Å². The van der Waals surface area contributed by atoms with Gasteiger partial charge in [0.25, 0.3) is 0 Å². The van der Waals surface area contributed by atoms with Crippen molar-refractivity contribution < 1.29 is 4.74 Å². The highest BCUT2D eigenvalue weighted by atomic mass is 32.1. The number of hydrogen-bond acceptors (Lipinski definition) is 3. The van der Waals surface area contributed by atoms with Gasteiger partial charge in [-0.3, -0.25) is 0 Å². The van der Waals surface area contributed by atoms with Crippen LogP contribution in [0.3, 0.4) is 0 Å². The number of nitrogens with one attached hydrogen (secondary N) is 1. The Balaban J connectivity index is 2.25. The maximum absolute atomic E-state index is 5.17. The van der Waals surface area contributed by atoms with Crippen LogP contribution in [0.1, 0.15) is 23.4 Å². The Morgan fingerprint density at radius 2 is 2.11 bits per heavy atom. The van der Waals surface area contributed by atoms with E-state index >= 15 is 0 Å². The van der Waals surface area contributed by atoms with E-state index in [2.05, 4.69) is 48.6 Å². The largest absolute Gasteiger partial charge is 0.380 e. The van der Waals surface area contributed by atoms with E-state index in [0.717, 1.165) is 0 Å². The molecule has 0 aliphatic carbocycles. The average molecular weight is 261 g/mol. The van der Waals surface area contributed by atoms with Crippen LogP contribution in [0.25, 0.3) is 10.4 Å². The highest BCUT2D eigenvalue weighted by molar-refractivity contribution is 7.15. The second-order valence-electron chi connectivity index (χ2n) is 4.35. The minimum atomic E-state index is 0.408. The molecule has 1 unspecified atom stereocenters. The topological polar surface area (TPSA) is 21.3 Å². The molecule has 1 heterocycles. The highest BCUT2D eigenvalue weighted by Crippen LogP contribution is 2.31. The van der Waals surface area contributed by atoms with Gasteiger partial charge in [0.05, 0.1) is 6.61 Å². The molecule has 18 heavy (non-hydrogen) atoms. The normalized spacial score (nSPS) is 12.6. The Hall–Kier alpha value is -1.16. The molecule has 0 bridgehead atoms. The molecule has 1 N–H and O–H groups in total. The van der Waals surface area contributed by atoms with Crippen molar-refractivity contribution in [2.45, 2.75) is 19.6 Å². The van der Waals surface area contributed by atoms with Crippen molar-refractivity contribution in [2.24, 2.45) is 0 Å². The van der Waals surface area contributed by atoms with Gasteiger partial charge >= 0.3 is 0 Å². The summed E-state index contributed by atoms with van der Waals surface area (Å²) in [6.07, 6.45) is 0. The number of benzene rings is 1. The minimum Gasteiger partial charge on any atom is -0.380 e. The van der Waals surface area contributed by atoms with Crippen LogP contribution in [-0.2, 0) is 11.3 Å². The fourth-order valence-electron chi connectivity index (χ4n) is 1.86. The molecule has 0 fully saturated rings. The summed E-state index contributed by atoms with van der Waals surface area (Å²) in [4.78, 5) is 2.68. The van der Waals surface area contributed by atoms with Crippen molar-refractivity contribution in [3.8, 4) is 10.4 Å². The van der Waals surface area contributed by atoms with Crippen LogP contribution >= 0.6 is 11.3 Å². The van der Waals surface area contributed by atoms with Crippen molar-refractivity contribution in [3.63, 3.8) is 0 Å². The minimum absolute atomic E-state index is 0.408. The molecule has 1 aromatic carbocycles. The molecular weight excluding hydrogens is 242 g/mol. The van der Waals surface area contributed by atoms with Crippen LogP contribution in [0.2, 0.25) is 0 Å². The molecule has 0 amide bonds. The maximum atomic E-state index is 5.17. The summed E-state index contributed by atoms with van der Waals surface area (Å²) in [5.74, 6) is 0. The molecule has 2 rings (SSSR count). The molecule has 96 valence electrons. The third-order valence-corrected chi connectivity index (χ3v) is 4.33. The van der Waals surface area contributed by atoms with Gasteiger partial charge in [-0.05, 0) is 43.3 Å². The van der Waals surface area contributed by atoms with E-state index in [-0.39, 0.29) is 0 Å². The monoisotopic (exact) mass is 261 g/mol. The molecule has 3 heteroatoms. The van der Waals surface area contributed by atoms with Crippen LogP contribution in [0.15, 0.2) is 36.4 Å². The number of thiophene rings is 1. The fourth-order valence-corrected chi connectivity index (χ4v) is 2.93. The summed E-state index contributed by atoms with van der Waals surface area (Å²) in [5.41, 5.74) is 2.48. The molecule has 0 radical (unpaired) electrons. The van der Waals surface area contributed by atoms with Crippen LogP contribution in [0, 0.1) is 0 Å². The number of hydrogen-bond donors (Lipinski definition) is 1. The van der Waals surface area contributed by atoms with Crippen LogP contribution < -0.4 is 5.32 Å². The molecule has 0 aliphatic rings. The van der Waals surface area contributed by atoms with Gasteiger partial charge in [-0.25, -0.2) is 0 Å². The molecular formula is C15H19NOS. The predicted octanol–water partition coefficient (Wildman–Crippen LogP) is 3.84. The lowest BCUT2D eigenvalue weighted by molar-refractivity contribution is 0.185. The van der Waals surface area contributed by atoms with E-state index in [1.807, 2.05) is 18.4 Å². The molecule has 2 aromatic rings. The molecule has 1 atom stereocenters. The highest BCUT2D eigenvalue weighted by Gasteiger charge is 2.08. The van der Waals surface area contributed by atoms with E-state index in [9.17, 15) is 0 Å². The van der Waals surface area contributed by atoms with Gasteiger partial charge in [0.2, 0.25) is 0 Å². The first-order valence-electron chi connectivity index (χ1n) is 6.10. The zero-order valence-corrected chi connectivity index (χ0v) is 11.9. The lowest BCUT2D eigenvalue weighted by Crippen LogP contribution is -2.10. The zero-order chi connectivity index (χ0) is 13.0. The van der Waals surface area contributed by atoms with Crippen LogP contribution in [-0.4, -0.2) is 14.2 Å². The average Bonchev–Trinajstić information content (AvgIpc) is 2.88. The number of methoxy groups -OCH3 is 1. The lowest BCUT2D eigenvalue weighted by atomic mass is 10.1. The molecule has 0 aliphatic heterocycles. The SMILES string of the molecule is CNC(C)c1ccc(-c2cccc(COC)c2)s1. The van der Waals surface area contributed by atoms with Crippen molar-refractivity contribution in [1.82, 2.24) is 5.32 Å². The van der Waals surface area contributed by atoms with E-state index in [0.29, 0.717) is 12.6 Å². The van der Waals surface area contributed by atoms with Gasteiger partial charge in [0, 0.05) is 22.9 Å². The zero-order valence-electron chi connectivity index (χ0n) is 11.1. The molecule has 0 saturated heterocycles. The van der Waals surface area contributed by atoms with E-state index in [4.69, 9.17) is 4.74 Å². The quantitative estimate of drug-likeness (QED) is 0.883. The Morgan fingerprint density at radius 3 is 2.83 bits per heavy atom. The summed E-state index contributed by atoms with van der Waals surface area (Å²) in [6.45, 7) is 2.84. The van der Waals surface area contributed by atoms with Crippen molar-refractivity contribution >= 4 is 11.3 Å². The second kappa shape index (κ2) is 6.14. The lowest BCUT2D eigenvalue weighted by Gasteiger charge is -2.06. The van der Waals surface area contributed by atoms with E-state index in [1.54, 1.807) is 7.11 Å². The maximum Gasteiger partial charge on any atom is 0.0713 e. The van der Waals surface area contributed by atoms with Crippen molar-refractivity contribution in [2.75, 3.05) is 14.2 Å². The second-order valence-corrected chi connectivity index (χ2v) is 5.46. The summed E-state index contributed by atoms with van der Waals surface area (Å²) in [6, 6.07) is 13.3. The van der Waals surface area contributed by atoms with Crippen molar-refractivity contribution in [1.29, 1.82) is 0 Å². The summed E-state index contributed by atoms with van der Waals surface area (Å²) < 4.78 is 5.17. The van der Waals surface area contributed by atoms with E-state index in [1.165, 1.54) is 20.9 Å². The molecule has 2 nitrogen and oxygen atoms in total. The molecule has 0 saturated carbocycles. The first-order chi connectivity index (χ1) is 8.74. The Kier molecular flexibility index (Phi) is 4.53. The molecule has 0 spiro atoms. The van der Waals surface area contributed by atoms with Gasteiger partial charge in [-0.15, -0.1) is 11.3 Å². The smallest absolute Gasteiger partial charge is 0.0713 e. The first kappa shape index (κ1) is 13.3. The predicted molar refractivity (Wildman–Crippen MR) is 77.9 cm³/mol. The van der Waals surface area contributed by atoms with E-state index < -0.39 is 0 Å². The third kappa shape index (κ3) is 2.99. The Morgan fingerprint density at radius 1 is 1.28 bits per heavy atom. The Labute approximate surface area is 113 Å². The third-order valence-electron chi connectivity index (χ3n) is 3.01. The van der Waals surface area contributed by atoms with Gasteiger partial charge in [-0.2, -0.15) is 0 Å². The standard InChI is InChI=1S/C15H19NOS/c1-11(16-2)14-7-8-15(18-14)13-6-4-5-12(9-13)10-17-3/h4-9,11,16H,10H2,1-3H3. The van der Waals surface area contributed by atoms with Crippen molar-refractivity contribution in [3.05, 3.63) is 46.8 Å². The first-order valence-corrected chi connectivity index (χ1v) is 6.91. The Bertz CT molecular complexity index is 507. The number of ether oxygens (including phenoxy) is 1. The van der Waals surface area contributed by atoms with Gasteiger partial charge < -0.3 is 10.1 Å². The van der Waals surface area contributed by atoms with Gasteiger partial charge in [-0.1, -0.05) is 18.2 Å². The van der Waals surface area contributed by atoms with Crippen LogP contribution in [0.4, 0.5) is 0 Å². The van der Waals surface area contributed by atoms with Crippen LogP contribution in [0.5, 0.6) is 0 Å². The number of rotatable bonds is 5. The van der Waals surface area contributed by atoms with Gasteiger partial charge in [0.1, 0.15) is 0 Å². The fraction of sp³-hybridized carbons (Fsp3) is 0.333. The summed E-state index contributed by atoms with van der Waals surface area (Å²) in [5, 5.41) is 3.27.